The van der Waals surface area contributed by atoms with Crippen LogP contribution in [0.5, 0.6) is 5.75 Å². The summed E-state index contributed by atoms with van der Waals surface area (Å²) in [5, 5.41) is 26.7. The Kier molecular flexibility index (Phi) is 40.2. The van der Waals surface area contributed by atoms with E-state index in [1.54, 1.807) is 31.4 Å². The second-order valence-electron chi connectivity index (χ2n) is 17.5. The molecule has 0 fully saturated rings. The molecule has 0 bridgehead atoms. The van der Waals surface area contributed by atoms with Crippen LogP contribution in [0.15, 0.2) is 60.7 Å². The molecule has 2 atom stereocenters. The number of nitrogens with one attached hydrogen (secondary N) is 6. The molecule has 458 valence electrons. The third kappa shape index (κ3) is 37.7. The summed E-state index contributed by atoms with van der Waals surface area (Å²) in [7, 11) is 2.81. The molecule has 0 aliphatic carbocycles. The van der Waals surface area contributed by atoms with Gasteiger partial charge in [-0.05, 0) is 68.9 Å². The van der Waals surface area contributed by atoms with E-state index in [9.17, 15) is 48.5 Å². The van der Waals surface area contributed by atoms with Crippen molar-refractivity contribution < 1.29 is 95.4 Å². The molecular formula is C54H81N7O21. The number of anilines is 1. The molecule has 0 unspecified atom stereocenters. The second-order valence-corrected chi connectivity index (χ2v) is 17.5. The Hall–Kier alpha value is -7.18. The van der Waals surface area contributed by atoms with Gasteiger partial charge in [-0.3, -0.25) is 38.9 Å². The summed E-state index contributed by atoms with van der Waals surface area (Å²) in [5.74, 6) is -3.62. The van der Waals surface area contributed by atoms with Crippen LogP contribution in [0.3, 0.4) is 0 Å². The summed E-state index contributed by atoms with van der Waals surface area (Å²) in [5.41, 5.74) is 0.741. The quantitative estimate of drug-likeness (QED) is 0.0138. The van der Waals surface area contributed by atoms with Crippen LogP contribution in [0.1, 0.15) is 63.9 Å². The molecule has 28 nitrogen and oxygen atoms in total. The smallest absolute Gasteiger partial charge is 0.466 e. The SMILES string of the molecule is COCCOCCOCCOCCOCCOCCOCCOCCC(=O)NCCCC[C@H](NC(=O)CCCCCNC(=O)/C=C\C(=O)OC)C(=O)NCC(=O)N[C@@H](C)C(=O)Nc1ccc(COC(=O)Oc2ccc([N+](=O)[O-])cc2)cc1. The Bertz CT molecular complexity index is 2200. The van der Waals surface area contributed by atoms with Crippen molar-refractivity contribution in [2.45, 2.75) is 77.0 Å². The number of non-ortho nitro benzene ring substituents is 1. The number of unbranched alkanes of at least 4 members (excludes halogenated alkanes) is 3. The van der Waals surface area contributed by atoms with Crippen molar-refractivity contribution in [1.82, 2.24) is 26.6 Å². The van der Waals surface area contributed by atoms with E-state index >= 15 is 0 Å². The molecule has 2 aromatic rings. The molecule has 28 heteroatoms. The molecule has 0 saturated carbocycles. The first-order valence-corrected chi connectivity index (χ1v) is 26.9. The summed E-state index contributed by atoms with van der Waals surface area (Å²) in [4.78, 5) is 110. The number of benzene rings is 2. The third-order valence-electron chi connectivity index (χ3n) is 11.0. The highest BCUT2D eigenvalue weighted by atomic mass is 16.7. The standard InChI is InChI=1S/C54H81N7O21/c1-41(52(67)59-43-13-11-42(12-14-43)40-81-54(69)82-45-17-15-44(16-18-45)61(70)71)58-50(65)39-57-53(68)46(60-49(64)10-5-4-7-22-55-47(62)19-20-51(66)73-3)9-6-8-23-56-48(63)21-24-74-27-28-76-31-32-78-35-36-80-38-37-79-34-33-77-30-29-75-26-25-72-2/h11-20,41,46H,4-10,21-40H2,1-3H3,(H,55,62)(H,56,63)(H,57,68)(H,58,65)(H,59,67)(H,60,64)/b20-19-/t41-,46-/m0/s1. The molecule has 0 aliphatic heterocycles. The zero-order chi connectivity index (χ0) is 59.8. The van der Waals surface area contributed by atoms with Crippen molar-refractivity contribution in [3.05, 3.63) is 76.4 Å². The van der Waals surface area contributed by atoms with Gasteiger partial charge in [-0.2, -0.15) is 0 Å². The summed E-state index contributed by atoms with van der Waals surface area (Å²) in [6, 6.07) is 9.05. The van der Waals surface area contributed by atoms with E-state index in [1.165, 1.54) is 38.3 Å². The highest BCUT2D eigenvalue weighted by Gasteiger charge is 2.23. The van der Waals surface area contributed by atoms with Gasteiger partial charge in [-0.1, -0.05) is 18.6 Å². The highest BCUT2D eigenvalue weighted by molar-refractivity contribution is 5.98. The van der Waals surface area contributed by atoms with Crippen molar-refractivity contribution in [2.75, 3.05) is 138 Å². The molecular weight excluding hydrogens is 1080 g/mol. The number of rotatable bonds is 48. The van der Waals surface area contributed by atoms with Crippen molar-refractivity contribution in [3.8, 4) is 5.75 Å². The number of nitro groups is 1. The van der Waals surface area contributed by atoms with Crippen molar-refractivity contribution >= 4 is 58.9 Å². The maximum absolute atomic E-state index is 13.4. The first kappa shape index (κ1) is 70.9. The van der Waals surface area contributed by atoms with Crippen LogP contribution in [0.25, 0.3) is 0 Å². The van der Waals surface area contributed by atoms with Crippen molar-refractivity contribution in [3.63, 3.8) is 0 Å². The number of nitrogens with zero attached hydrogens (tertiary/aromatic N) is 1. The number of carbonyl (C=O) groups is 8. The number of hydrogen-bond donors (Lipinski definition) is 6. The molecule has 0 spiro atoms. The van der Waals surface area contributed by atoms with Gasteiger partial charge < -0.3 is 84.0 Å². The lowest BCUT2D eigenvalue weighted by Crippen LogP contribution is -2.50. The predicted molar refractivity (Wildman–Crippen MR) is 293 cm³/mol. The maximum atomic E-state index is 13.4. The number of nitro benzene ring substituents is 1. The van der Waals surface area contributed by atoms with E-state index in [0.29, 0.717) is 149 Å². The minimum absolute atomic E-state index is 0.0537. The largest absolute Gasteiger partial charge is 0.514 e. The zero-order valence-electron chi connectivity index (χ0n) is 47.0. The van der Waals surface area contributed by atoms with Crippen LogP contribution in [-0.2, 0) is 87.5 Å². The van der Waals surface area contributed by atoms with Gasteiger partial charge in [0.1, 0.15) is 24.4 Å². The topological polar surface area (TPSA) is 353 Å². The number of carbonyl (C=O) groups excluding carboxylic acids is 8. The normalized spacial score (nSPS) is 11.7. The number of methoxy groups -OCH3 is 2. The minimum Gasteiger partial charge on any atom is -0.466 e. The third-order valence-corrected chi connectivity index (χ3v) is 11.0. The predicted octanol–water partition coefficient (Wildman–Crippen LogP) is 2.20. The number of amides is 6. The van der Waals surface area contributed by atoms with Gasteiger partial charge >= 0.3 is 12.1 Å². The molecule has 6 N–H and O–H groups in total. The fourth-order valence-electron chi connectivity index (χ4n) is 6.61. The van der Waals surface area contributed by atoms with E-state index in [-0.39, 0.29) is 49.8 Å². The van der Waals surface area contributed by atoms with E-state index in [2.05, 4.69) is 36.6 Å². The van der Waals surface area contributed by atoms with E-state index in [0.717, 1.165) is 12.2 Å². The van der Waals surface area contributed by atoms with E-state index in [4.69, 9.17) is 47.4 Å². The summed E-state index contributed by atoms with van der Waals surface area (Å²) in [6.07, 6.45) is 3.84. The summed E-state index contributed by atoms with van der Waals surface area (Å²) in [6.45, 7) is 7.69. The highest BCUT2D eigenvalue weighted by Crippen LogP contribution is 2.18. The van der Waals surface area contributed by atoms with Crippen molar-refractivity contribution in [2.24, 2.45) is 0 Å². The molecule has 6 amide bonds. The Morgan fingerprint density at radius 1 is 0.561 bits per heavy atom. The minimum atomic E-state index is -1.04. The van der Waals surface area contributed by atoms with Gasteiger partial charge in [0.2, 0.25) is 35.4 Å². The lowest BCUT2D eigenvalue weighted by molar-refractivity contribution is -0.384. The molecule has 0 aliphatic rings. The number of esters is 1. The van der Waals surface area contributed by atoms with Gasteiger partial charge in [-0.15, -0.1) is 0 Å². The molecule has 0 aromatic heterocycles. The Balaban J connectivity index is 1.68. The lowest BCUT2D eigenvalue weighted by Gasteiger charge is -2.19. The van der Waals surface area contributed by atoms with Crippen LogP contribution in [-0.4, -0.2) is 198 Å². The fourth-order valence-corrected chi connectivity index (χ4v) is 6.61. The Morgan fingerprint density at radius 3 is 1.67 bits per heavy atom. The number of ether oxygens (including phenoxy) is 11. The fraction of sp³-hybridized carbons (Fsp3) is 0.593. The zero-order valence-corrected chi connectivity index (χ0v) is 47.0. The number of hydrogen-bond acceptors (Lipinski definition) is 21. The Morgan fingerprint density at radius 2 is 1.11 bits per heavy atom. The van der Waals surface area contributed by atoms with Crippen LogP contribution < -0.4 is 36.6 Å². The van der Waals surface area contributed by atoms with E-state index < -0.39 is 65.2 Å². The van der Waals surface area contributed by atoms with Crippen LogP contribution in [0.2, 0.25) is 0 Å². The van der Waals surface area contributed by atoms with E-state index in [1.807, 2.05) is 0 Å². The van der Waals surface area contributed by atoms with Crippen LogP contribution >= 0.6 is 0 Å². The van der Waals surface area contributed by atoms with Gasteiger partial charge in [-0.25, -0.2) is 9.59 Å². The molecule has 0 saturated heterocycles. The van der Waals surface area contributed by atoms with Gasteiger partial charge in [0.25, 0.3) is 5.69 Å². The average molecular weight is 1160 g/mol. The maximum Gasteiger partial charge on any atom is 0.514 e. The average Bonchev–Trinajstić information content (AvgIpc) is 3.47. The van der Waals surface area contributed by atoms with Gasteiger partial charge in [0, 0.05) is 63.0 Å². The lowest BCUT2D eigenvalue weighted by atomic mass is 10.1. The summed E-state index contributed by atoms with van der Waals surface area (Å²) < 4.78 is 57.6. The molecule has 2 aromatic carbocycles. The summed E-state index contributed by atoms with van der Waals surface area (Å²) >= 11 is 0. The molecule has 0 heterocycles. The molecule has 82 heavy (non-hydrogen) atoms. The van der Waals surface area contributed by atoms with Crippen LogP contribution in [0.4, 0.5) is 16.2 Å². The van der Waals surface area contributed by atoms with Crippen molar-refractivity contribution in [1.29, 1.82) is 0 Å². The first-order chi connectivity index (χ1) is 39.7. The molecule has 2 rings (SSSR count). The van der Waals surface area contributed by atoms with Gasteiger partial charge in [0.05, 0.1) is 118 Å². The Labute approximate surface area is 477 Å². The first-order valence-electron chi connectivity index (χ1n) is 26.9. The van der Waals surface area contributed by atoms with Crippen LogP contribution in [0, 0.1) is 10.1 Å². The monoisotopic (exact) mass is 1160 g/mol. The molecule has 0 radical (unpaired) electrons. The second kappa shape index (κ2) is 46.4. The van der Waals surface area contributed by atoms with Gasteiger partial charge in [0.15, 0.2) is 0 Å².